The summed E-state index contributed by atoms with van der Waals surface area (Å²) in [5.74, 6) is 1.46. The number of nitrogens with zero attached hydrogens (tertiary/aromatic N) is 7. The Balaban J connectivity index is 1.42. The molecule has 0 radical (unpaired) electrons. The van der Waals surface area contributed by atoms with Gasteiger partial charge in [-0.25, -0.2) is 9.97 Å². The predicted octanol–water partition coefficient (Wildman–Crippen LogP) is 2.60. The standard InChI is InChI=1S/C24H27N9OS/c1-32(2)11-6-9-21(34)33-12-10-17-19(14-33)35-24-22(17)23(25-15-26-24)27-18(13-20-28-30-31-29-20)16-7-4-3-5-8-16/h3-9,15,18H,10-14H2,1-2H3,(H,25,26,27)(H,28,29,30,31)/b9-6+/t18-/m1/s1. The first-order chi connectivity index (χ1) is 17.1. The second-order valence-electron chi connectivity index (χ2n) is 8.72. The first-order valence-electron chi connectivity index (χ1n) is 11.5. The molecule has 1 aliphatic rings. The number of fused-ring (bicyclic) bond motifs is 3. The van der Waals surface area contributed by atoms with Gasteiger partial charge in [0.15, 0.2) is 5.82 Å². The molecule has 0 bridgehead atoms. The predicted molar refractivity (Wildman–Crippen MR) is 135 cm³/mol. The molecule has 0 fully saturated rings. The van der Waals surface area contributed by atoms with Gasteiger partial charge in [0.05, 0.1) is 18.0 Å². The summed E-state index contributed by atoms with van der Waals surface area (Å²) in [5.41, 5.74) is 2.33. The van der Waals surface area contributed by atoms with Crippen molar-refractivity contribution in [2.24, 2.45) is 0 Å². The van der Waals surface area contributed by atoms with E-state index >= 15 is 0 Å². The highest BCUT2D eigenvalue weighted by Crippen LogP contribution is 2.38. The fourth-order valence-corrected chi connectivity index (χ4v) is 5.45. The van der Waals surface area contributed by atoms with Crippen LogP contribution in [0.1, 0.15) is 27.9 Å². The minimum Gasteiger partial charge on any atom is -0.362 e. The van der Waals surface area contributed by atoms with Crippen molar-refractivity contribution < 1.29 is 4.79 Å². The van der Waals surface area contributed by atoms with Crippen molar-refractivity contribution in [3.05, 3.63) is 70.6 Å². The number of aromatic nitrogens is 6. The number of carbonyl (C=O) groups is 1. The van der Waals surface area contributed by atoms with Crippen LogP contribution in [0.15, 0.2) is 48.8 Å². The van der Waals surface area contributed by atoms with E-state index in [0.29, 0.717) is 25.3 Å². The Hall–Kier alpha value is -3.70. The number of anilines is 1. The molecule has 2 N–H and O–H groups in total. The van der Waals surface area contributed by atoms with Crippen LogP contribution in [0.3, 0.4) is 0 Å². The molecular formula is C24H27N9OS. The van der Waals surface area contributed by atoms with Crippen LogP contribution in [0.5, 0.6) is 0 Å². The SMILES string of the molecule is CN(C)C/C=C/C(=O)N1CCc2c(sc3ncnc(N[C@H](Cc4nn[nH]n4)c4ccccc4)c23)C1. The van der Waals surface area contributed by atoms with Gasteiger partial charge in [0.25, 0.3) is 0 Å². The fourth-order valence-electron chi connectivity index (χ4n) is 4.25. The van der Waals surface area contributed by atoms with E-state index in [2.05, 4.69) is 48.0 Å². The molecule has 35 heavy (non-hydrogen) atoms. The first-order valence-corrected chi connectivity index (χ1v) is 12.3. The summed E-state index contributed by atoms with van der Waals surface area (Å²) in [6, 6.07) is 10.1. The Labute approximate surface area is 207 Å². The number of benzene rings is 1. The summed E-state index contributed by atoms with van der Waals surface area (Å²) < 4.78 is 0. The largest absolute Gasteiger partial charge is 0.362 e. The molecule has 11 heteroatoms. The highest BCUT2D eigenvalue weighted by Gasteiger charge is 2.26. The van der Waals surface area contributed by atoms with Gasteiger partial charge in [-0.05, 0) is 31.6 Å². The lowest BCUT2D eigenvalue weighted by atomic mass is 10.0. The number of hydrogen-bond donors (Lipinski definition) is 2. The van der Waals surface area contributed by atoms with Gasteiger partial charge in [-0.3, -0.25) is 4.79 Å². The Morgan fingerprint density at radius 3 is 2.91 bits per heavy atom. The molecule has 4 heterocycles. The second kappa shape index (κ2) is 10.3. The van der Waals surface area contributed by atoms with Crippen molar-refractivity contribution in [1.82, 2.24) is 40.4 Å². The molecule has 0 saturated carbocycles. The maximum atomic E-state index is 12.7. The zero-order valence-electron chi connectivity index (χ0n) is 19.7. The van der Waals surface area contributed by atoms with Crippen molar-refractivity contribution >= 4 is 33.3 Å². The van der Waals surface area contributed by atoms with Crippen LogP contribution in [-0.4, -0.2) is 73.5 Å². The van der Waals surface area contributed by atoms with Crippen molar-refractivity contribution in [2.75, 3.05) is 32.5 Å². The average molecular weight is 490 g/mol. The number of nitrogens with one attached hydrogen (secondary N) is 2. The van der Waals surface area contributed by atoms with Gasteiger partial charge in [0.2, 0.25) is 5.91 Å². The maximum absolute atomic E-state index is 12.7. The summed E-state index contributed by atoms with van der Waals surface area (Å²) in [6.45, 7) is 2.00. The maximum Gasteiger partial charge on any atom is 0.246 e. The Bertz CT molecular complexity index is 1320. The Morgan fingerprint density at radius 2 is 2.14 bits per heavy atom. The molecule has 0 spiro atoms. The normalized spacial score (nSPS) is 14.5. The molecule has 1 aromatic carbocycles. The lowest BCUT2D eigenvalue weighted by molar-refractivity contribution is -0.126. The number of hydrogen-bond acceptors (Lipinski definition) is 9. The van der Waals surface area contributed by atoms with Crippen LogP contribution in [0, 0.1) is 0 Å². The van der Waals surface area contributed by atoms with Crippen LogP contribution in [-0.2, 0) is 24.2 Å². The van der Waals surface area contributed by atoms with Gasteiger partial charge >= 0.3 is 0 Å². The number of rotatable bonds is 8. The van der Waals surface area contributed by atoms with Crippen molar-refractivity contribution in [3.8, 4) is 0 Å². The number of likely N-dealkylation sites (N-methyl/N-ethyl adjacent to an activating group) is 1. The van der Waals surface area contributed by atoms with Gasteiger partial charge in [-0.15, -0.1) is 21.5 Å². The molecule has 5 rings (SSSR count). The van der Waals surface area contributed by atoms with Crippen LogP contribution in [0.25, 0.3) is 10.2 Å². The van der Waals surface area contributed by atoms with Gasteiger partial charge in [-0.2, -0.15) is 5.21 Å². The van der Waals surface area contributed by atoms with E-state index in [1.54, 1.807) is 23.7 Å². The summed E-state index contributed by atoms with van der Waals surface area (Å²) >= 11 is 1.64. The quantitative estimate of drug-likeness (QED) is 0.363. The molecule has 4 aromatic rings. The van der Waals surface area contributed by atoms with E-state index in [0.717, 1.165) is 34.6 Å². The molecule has 0 unspecified atom stereocenters. The molecule has 1 amide bonds. The second-order valence-corrected chi connectivity index (χ2v) is 9.80. The highest BCUT2D eigenvalue weighted by molar-refractivity contribution is 7.19. The number of amides is 1. The molecule has 10 nitrogen and oxygen atoms in total. The number of tetrazole rings is 1. The van der Waals surface area contributed by atoms with Crippen molar-refractivity contribution in [2.45, 2.75) is 25.4 Å². The molecule has 180 valence electrons. The van der Waals surface area contributed by atoms with Crippen molar-refractivity contribution in [1.29, 1.82) is 0 Å². The number of carbonyl (C=O) groups excluding carboxylic acids is 1. The summed E-state index contributed by atoms with van der Waals surface area (Å²) in [6.07, 6.45) is 6.50. The van der Waals surface area contributed by atoms with E-state index in [1.165, 1.54) is 10.4 Å². The molecule has 0 aliphatic carbocycles. The highest BCUT2D eigenvalue weighted by atomic mass is 32.1. The third-order valence-corrected chi connectivity index (χ3v) is 7.09. The van der Waals surface area contributed by atoms with E-state index in [4.69, 9.17) is 0 Å². The first kappa shape index (κ1) is 23.1. The van der Waals surface area contributed by atoms with Crippen LogP contribution in [0.2, 0.25) is 0 Å². The van der Waals surface area contributed by atoms with E-state index in [9.17, 15) is 4.79 Å². The lowest BCUT2D eigenvalue weighted by Crippen LogP contribution is -2.34. The minimum atomic E-state index is -0.0917. The summed E-state index contributed by atoms with van der Waals surface area (Å²) in [7, 11) is 3.97. The number of aromatic amines is 1. The van der Waals surface area contributed by atoms with Crippen LogP contribution < -0.4 is 5.32 Å². The molecule has 1 aliphatic heterocycles. The average Bonchev–Trinajstić information content (AvgIpc) is 3.51. The van der Waals surface area contributed by atoms with Crippen LogP contribution in [0.4, 0.5) is 5.82 Å². The molecule has 1 atom stereocenters. The Morgan fingerprint density at radius 1 is 1.29 bits per heavy atom. The summed E-state index contributed by atoms with van der Waals surface area (Å²) in [4.78, 5) is 27.9. The topological polar surface area (TPSA) is 116 Å². The van der Waals surface area contributed by atoms with E-state index in [1.807, 2.05) is 48.2 Å². The monoisotopic (exact) mass is 489 g/mol. The molecule has 3 aromatic heterocycles. The third-order valence-electron chi connectivity index (χ3n) is 5.97. The Kier molecular flexibility index (Phi) is 6.77. The zero-order valence-corrected chi connectivity index (χ0v) is 20.5. The summed E-state index contributed by atoms with van der Waals surface area (Å²) in [5, 5.41) is 19.2. The van der Waals surface area contributed by atoms with Gasteiger partial charge in [0.1, 0.15) is 17.0 Å². The van der Waals surface area contributed by atoms with E-state index < -0.39 is 0 Å². The molecule has 0 saturated heterocycles. The molecular weight excluding hydrogens is 462 g/mol. The third kappa shape index (κ3) is 5.20. The lowest BCUT2D eigenvalue weighted by Gasteiger charge is -2.26. The number of H-pyrrole nitrogens is 1. The fraction of sp³-hybridized carbons (Fsp3) is 0.333. The smallest absolute Gasteiger partial charge is 0.246 e. The van der Waals surface area contributed by atoms with Crippen molar-refractivity contribution in [3.63, 3.8) is 0 Å². The van der Waals surface area contributed by atoms with E-state index in [-0.39, 0.29) is 11.9 Å². The van der Waals surface area contributed by atoms with Gasteiger partial charge < -0.3 is 15.1 Å². The van der Waals surface area contributed by atoms with Gasteiger partial charge in [0, 0.05) is 30.5 Å². The number of thiophene rings is 1. The van der Waals surface area contributed by atoms with Crippen LogP contribution >= 0.6 is 11.3 Å². The minimum absolute atomic E-state index is 0.0450. The zero-order chi connectivity index (χ0) is 24.2. The van der Waals surface area contributed by atoms with Gasteiger partial charge in [-0.1, -0.05) is 41.6 Å².